The predicted molar refractivity (Wildman–Crippen MR) is 82.1 cm³/mol. The smallest absolute Gasteiger partial charge is 0.317 e. The van der Waals surface area contributed by atoms with Crippen LogP contribution in [0.3, 0.4) is 0 Å². The summed E-state index contributed by atoms with van der Waals surface area (Å²) < 4.78 is 10.9. The third kappa shape index (κ3) is 3.27. The van der Waals surface area contributed by atoms with Crippen LogP contribution in [0.15, 0.2) is 24.3 Å². The molecule has 0 bridgehead atoms. The van der Waals surface area contributed by atoms with Crippen LogP contribution in [0, 0.1) is 6.92 Å². The number of esters is 1. The molecule has 116 valence electrons. The van der Waals surface area contributed by atoms with Crippen LogP contribution in [0.2, 0.25) is 0 Å². The Morgan fingerprint density at radius 1 is 1.43 bits per heavy atom. The highest BCUT2D eigenvalue weighted by molar-refractivity contribution is 5.84. The molecular formula is C17H25NO3. The predicted octanol–water partition coefficient (Wildman–Crippen LogP) is 2.32. The van der Waals surface area contributed by atoms with E-state index >= 15 is 0 Å². The number of ether oxygens (including phenoxy) is 2. The fourth-order valence-corrected chi connectivity index (χ4v) is 3.24. The first-order valence-corrected chi connectivity index (χ1v) is 7.60. The number of rotatable bonds is 5. The summed E-state index contributed by atoms with van der Waals surface area (Å²) in [5.41, 5.74) is 7.24. The van der Waals surface area contributed by atoms with Gasteiger partial charge in [-0.05, 0) is 43.7 Å². The largest absolute Gasteiger partial charge is 0.468 e. The van der Waals surface area contributed by atoms with Crippen LogP contribution in [0.4, 0.5) is 0 Å². The highest BCUT2D eigenvalue weighted by atomic mass is 16.5. The van der Waals surface area contributed by atoms with E-state index in [1.165, 1.54) is 7.11 Å². The van der Waals surface area contributed by atoms with Crippen LogP contribution in [-0.4, -0.2) is 32.3 Å². The van der Waals surface area contributed by atoms with Crippen LogP contribution in [0.5, 0.6) is 0 Å². The summed E-state index contributed by atoms with van der Waals surface area (Å²) in [6.45, 7) is 3.00. The first-order chi connectivity index (χ1) is 10.1. The van der Waals surface area contributed by atoms with Crippen molar-refractivity contribution < 1.29 is 14.3 Å². The second kappa shape index (κ2) is 7.05. The number of nitrogens with two attached hydrogens (primary N) is 1. The SMILES string of the molecule is COC(=O)C(CN)(CC1CCCCO1)c1ccccc1C. The molecule has 0 saturated carbocycles. The Labute approximate surface area is 126 Å². The summed E-state index contributed by atoms with van der Waals surface area (Å²) in [5.74, 6) is -0.270. The fourth-order valence-electron chi connectivity index (χ4n) is 3.24. The maximum absolute atomic E-state index is 12.5. The van der Waals surface area contributed by atoms with Crippen molar-refractivity contribution in [2.45, 2.75) is 44.1 Å². The molecule has 4 heteroatoms. The van der Waals surface area contributed by atoms with Gasteiger partial charge in [0, 0.05) is 13.2 Å². The van der Waals surface area contributed by atoms with Gasteiger partial charge in [0.2, 0.25) is 0 Å². The molecule has 1 aromatic carbocycles. The van der Waals surface area contributed by atoms with Gasteiger partial charge in [0.15, 0.2) is 0 Å². The molecule has 2 N–H and O–H groups in total. The quantitative estimate of drug-likeness (QED) is 0.846. The van der Waals surface area contributed by atoms with Gasteiger partial charge in [-0.25, -0.2) is 0 Å². The van der Waals surface area contributed by atoms with Crippen molar-refractivity contribution in [3.63, 3.8) is 0 Å². The van der Waals surface area contributed by atoms with Crippen LogP contribution in [0.25, 0.3) is 0 Å². The van der Waals surface area contributed by atoms with Crippen LogP contribution >= 0.6 is 0 Å². The van der Waals surface area contributed by atoms with Gasteiger partial charge in [-0.15, -0.1) is 0 Å². The molecule has 1 fully saturated rings. The van der Waals surface area contributed by atoms with Crippen molar-refractivity contribution in [2.75, 3.05) is 20.3 Å². The first-order valence-electron chi connectivity index (χ1n) is 7.60. The minimum Gasteiger partial charge on any atom is -0.468 e. The van der Waals surface area contributed by atoms with Gasteiger partial charge in [0.1, 0.15) is 5.41 Å². The van der Waals surface area contributed by atoms with E-state index in [1.807, 2.05) is 31.2 Å². The van der Waals surface area contributed by atoms with E-state index < -0.39 is 5.41 Å². The summed E-state index contributed by atoms with van der Waals surface area (Å²) >= 11 is 0. The highest BCUT2D eigenvalue weighted by Crippen LogP contribution is 2.35. The summed E-state index contributed by atoms with van der Waals surface area (Å²) in [5, 5.41) is 0. The van der Waals surface area contributed by atoms with Gasteiger partial charge in [0.25, 0.3) is 0 Å². The maximum Gasteiger partial charge on any atom is 0.317 e. The number of benzene rings is 1. The lowest BCUT2D eigenvalue weighted by molar-refractivity contribution is -0.149. The molecule has 2 unspecified atom stereocenters. The van der Waals surface area contributed by atoms with Crippen molar-refractivity contribution in [3.8, 4) is 0 Å². The van der Waals surface area contributed by atoms with Crippen LogP contribution < -0.4 is 5.73 Å². The van der Waals surface area contributed by atoms with Gasteiger partial charge < -0.3 is 15.2 Å². The minimum absolute atomic E-state index is 0.0704. The Balaban J connectivity index is 2.37. The minimum atomic E-state index is -0.817. The van der Waals surface area contributed by atoms with Gasteiger partial charge >= 0.3 is 5.97 Å². The van der Waals surface area contributed by atoms with Crippen molar-refractivity contribution >= 4 is 5.97 Å². The molecule has 0 radical (unpaired) electrons. The van der Waals surface area contributed by atoms with E-state index in [4.69, 9.17) is 15.2 Å². The van der Waals surface area contributed by atoms with Crippen LogP contribution in [0.1, 0.15) is 36.8 Å². The molecule has 1 aliphatic heterocycles. The Morgan fingerprint density at radius 3 is 2.76 bits per heavy atom. The second-order valence-electron chi connectivity index (χ2n) is 5.79. The summed E-state index contributed by atoms with van der Waals surface area (Å²) in [6, 6.07) is 7.89. The molecule has 0 aromatic heterocycles. The molecular weight excluding hydrogens is 266 g/mol. The maximum atomic E-state index is 12.5. The first kappa shape index (κ1) is 16.0. The standard InChI is InChI=1S/C17H25NO3/c1-13-7-3-4-9-15(13)17(12-18,16(19)20-2)11-14-8-5-6-10-21-14/h3-4,7,9,14H,5-6,8,10-12,18H2,1-2H3. The van der Waals surface area contributed by atoms with E-state index in [2.05, 4.69) is 0 Å². The monoisotopic (exact) mass is 291 g/mol. The topological polar surface area (TPSA) is 61.5 Å². The normalized spacial score (nSPS) is 21.6. The molecule has 1 heterocycles. The molecule has 1 aliphatic rings. The number of aryl methyl sites for hydroxylation is 1. The average molecular weight is 291 g/mol. The van der Waals surface area contributed by atoms with Gasteiger partial charge in [-0.1, -0.05) is 24.3 Å². The molecule has 0 aliphatic carbocycles. The third-order valence-electron chi connectivity index (χ3n) is 4.44. The lowest BCUT2D eigenvalue weighted by Gasteiger charge is -2.36. The fraction of sp³-hybridized carbons (Fsp3) is 0.588. The van der Waals surface area contributed by atoms with Gasteiger partial charge in [0.05, 0.1) is 13.2 Å². The average Bonchev–Trinajstić information content (AvgIpc) is 2.53. The molecule has 2 rings (SSSR count). The Hall–Kier alpha value is -1.39. The summed E-state index contributed by atoms with van der Waals surface area (Å²) in [4.78, 5) is 12.5. The molecule has 0 amide bonds. The summed E-state index contributed by atoms with van der Waals surface area (Å²) in [6.07, 6.45) is 3.86. The zero-order valence-electron chi connectivity index (χ0n) is 12.9. The van der Waals surface area contributed by atoms with Crippen molar-refractivity contribution in [3.05, 3.63) is 35.4 Å². The van der Waals surface area contributed by atoms with Crippen molar-refractivity contribution in [1.29, 1.82) is 0 Å². The molecule has 2 atom stereocenters. The zero-order chi connectivity index (χ0) is 15.3. The Bertz CT molecular complexity index is 483. The van der Waals surface area contributed by atoms with E-state index in [1.54, 1.807) is 0 Å². The lowest BCUT2D eigenvalue weighted by atomic mass is 9.73. The van der Waals surface area contributed by atoms with E-state index in [9.17, 15) is 4.79 Å². The zero-order valence-corrected chi connectivity index (χ0v) is 12.9. The van der Waals surface area contributed by atoms with Crippen molar-refractivity contribution in [2.24, 2.45) is 5.73 Å². The Morgan fingerprint density at radius 2 is 2.19 bits per heavy atom. The van der Waals surface area contributed by atoms with E-state index in [-0.39, 0.29) is 18.6 Å². The van der Waals surface area contributed by atoms with E-state index in [0.717, 1.165) is 37.0 Å². The molecule has 0 spiro atoms. The van der Waals surface area contributed by atoms with Crippen molar-refractivity contribution in [1.82, 2.24) is 0 Å². The van der Waals surface area contributed by atoms with Crippen LogP contribution in [-0.2, 0) is 19.7 Å². The number of hydrogen-bond acceptors (Lipinski definition) is 4. The highest BCUT2D eigenvalue weighted by Gasteiger charge is 2.43. The van der Waals surface area contributed by atoms with E-state index in [0.29, 0.717) is 6.42 Å². The number of carbonyl (C=O) groups excluding carboxylic acids is 1. The van der Waals surface area contributed by atoms with Gasteiger partial charge in [-0.3, -0.25) is 4.79 Å². The molecule has 21 heavy (non-hydrogen) atoms. The molecule has 1 aromatic rings. The number of methoxy groups -OCH3 is 1. The third-order valence-corrected chi connectivity index (χ3v) is 4.44. The lowest BCUT2D eigenvalue weighted by Crippen LogP contribution is -2.47. The second-order valence-corrected chi connectivity index (χ2v) is 5.79. The summed E-state index contributed by atoms with van der Waals surface area (Å²) in [7, 11) is 1.42. The van der Waals surface area contributed by atoms with Gasteiger partial charge in [-0.2, -0.15) is 0 Å². The number of hydrogen-bond donors (Lipinski definition) is 1. The molecule has 1 saturated heterocycles. The Kier molecular flexibility index (Phi) is 5.37. The molecule has 4 nitrogen and oxygen atoms in total. The number of carbonyl (C=O) groups is 1.